The van der Waals surface area contributed by atoms with Gasteiger partial charge in [-0.15, -0.1) is 11.8 Å². The van der Waals surface area contributed by atoms with Gasteiger partial charge in [0, 0.05) is 10.9 Å². The van der Waals surface area contributed by atoms with Crippen molar-refractivity contribution in [3.63, 3.8) is 0 Å². The second kappa shape index (κ2) is 10.9. The third-order valence-electron chi connectivity index (χ3n) is 6.67. The Morgan fingerprint density at radius 1 is 1.08 bits per heavy atom. The Morgan fingerprint density at radius 3 is 2.33 bits per heavy atom. The molecule has 7 nitrogen and oxygen atoms in total. The van der Waals surface area contributed by atoms with Gasteiger partial charge in [0.2, 0.25) is 0 Å². The normalized spacial score (nSPS) is 20.3. The largest absolute Gasteiger partial charge is 0.458 e. The zero-order valence-electron chi connectivity index (χ0n) is 21.7. The monoisotopic (exact) mass is 540 g/mol. The molecule has 1 amide bonds. The van der Waals surface area contributed by atoms with Crippen molar-refractivity contribution < 1.29 is 23.9 Å². The van der Waals surface area contributed by atoms with Crippen molar-refractivity contribution >= 4 is 35.7 Å². The molecule has 0 saturated carbocycles. The summed E-state index contributed by atoms with van der Waals surface area (Å²) in [6.45, 7) is 7.54. The summed E-state index contributed by atoms with van der Waals surface area (Å²) in [4.78, 5) is 45.2. The van der Waals surface area contributed by atoms with Crippen LogP contribution in [0.3, 0.4) is 0 Å². The predicted octanol–water partition coefficient (Wildman–Crippen LogP) is 5.20. The van der Waals surface area contributed by atoms with Crippen molar-refractivity contribution in [1.82, 2.24) is 9.88 Å². The number of hydrogen-bond donors (Lipinski definition) is 0. The van der Waals surface area contributed by atoms with Crippen LogP contribution < -0.4 is 0 Å². The fourth-order valence-electron chi connectivity index (χ4n) is 4.83. The van der Waals surface area contributed by atoms with Crippen molar-refractivity contribution in [2.45, 2.75) is 36.1 Å². The Hall–Kier alpha value is -4.17. The summed E-state index contributed by atoms with van der Waals surface area (Å²) in [5, 5.41) is -0.324. The van der Waals surface area contributed by atoms with Crippen molar-refractivity contribution in [3.8, 4) is 0 Å². The van der Waals surface area contributed by atoms with Crippen molar-refractivity contribution in [2.24, 2.45) is 0 Å². The Morgan fingerprint density at radius 2 is 1.72 bits per heavy atom. The Kier molecular flexibility index (Phi) is 7.39. The lowest BCUT2D eigenvalue weighted by Gasteiger charge is -2.40. The quantitative estimate of drug-likeness (QED) is 0.168. The lowest BCUT2D eigenvalue weighted by atomic mass is 9.94. The van der Waals surface area contributed by atoms with E-state index in [4.69, 9.17) is 9.47 Å². The van der Waals surface area contributed by atoms with Crippen LogP contribution in [0.5, 0.6) is 0 Å². The molecule has 0 unspecified atom stereocenters. The van der Waals surface area contributed by atoms with Crippen LogP contribution in [0.1, 0.15) is 47.1 Å². The Balaban J connectivity index is 1.38. The van der Waals surface area contributed by atoms with Gasteiger partial charge in [-0.3, -0.25) is 9.78 Å². The van der Waals surface area contributed by atoms with E-state index in [1.807, 2.05) is 74.5 Å². The number of pyridine rings is 1. The highest BCUT2D eigenvalue weighted by Gasteiger charge is 2.62. The molecule has 0 radical (unpaired) electrons. The summed E-state index contributed by atoms with van der Waals surface area (Å²) < 4.78 is 10.6. The minimum Gasteiger partial charge on any atom is -0.458 e. The van der Waals surface area contributed by atoms with Crippen LogP contribution in [0.15, 0.2) is 97.2 Å². The molecule has 39 heavy (non-hydrogen) atoms. The molecule has 2 saturated heterocycles. The SMILES string of the molecule is C=CCOC(=O)c1ccnc(/C=C2/C(=O)N3[C@@H]2SC(C)(C)[C@@H]3C(=O)OC(c2ccccc2)c2ccccc2)c1. The van der Waals surface area contributed by atoms with Crippen molar-refractivity contribution in [2.75, 3.05) is 6.61 Å². The van der Waals surface area contributed by atoms with Gasteiger partial charge in [-0.2, -0.15) is 0 Å². The first-order valence-electron chi connectivity index (χ1n) is 12.6. The summed E-state index contributed by atoms with van der Waals surface area (Å²) in [5.74, 6) is -1.20. The number of nitrogens with zero attached hydrogens (tertiary/aromatic N) is 2. The molecule has 1 aromatic heterocycles. The van der Waals surface area contributed by atoms with Crippen LogP contribution in [-0.4, -0.2) is 50.5 Å². The van der Waals surface area contributed by atoms with E-state index >= 15 is 0 Å². The van der Waals surface area contributed by atoms with Gasteiger partial charge < -0.3 is 14.4 Å². The van der Waals surface area contributed by atoms with Crippen molar-refractivity contribution in [1.29, 1.82) is 0 Å². The van der Waals surface area contributed by atoms with Gasteiger partial charge >= 0.3 is 11.9 Å². The third kappa shape index (κ3) is 5.25. The highest BCUT2D eigenvalue weighted by atomic mass is 32.2. The predicted molar refractivity (Wildman–Crippen MR) is 150 cm³/mol. The minimum absolute atomic E-state index is 0.103. The van der Waals surface area contributed by atoms with Crippen LogP contribution in [0.25, 0.3) is 6.08 Å². The van der Waals surface area contributed by atoms with E-state index in [1.54, 1.807) is 23.1 Å². The van der Waals surface area contributed by atoms with Crippen LogP contribution in [0, 0.1) is 0 Å². The molecule has 2 fully saturated rings. The Bertz CT molecular complexity index is 1400. The number of fused-ring (bicyclic) bond motifs is 1. The topological polar surface area (TPSA) is 85.8 Å². The van der Waals surface area contributed by atoms with Crippen LogP contribution >= 0.6 is 11.8 Å². The number of carbonyl (C=O) groups is 3. The van der Waals surface area contributed by atoms with Gasteiger partial charge in [0.15, 0.2) is 6.10 Å². The van der Waals surface area contributed by atoms with Gasteiger partial charge in [0.1, 0.15) is 18.0 Å². The average molecular weight is 541 g/mol. The number of esters is 2. The molecule has 2 atom stereocenters. The molecule has 0 bridgehead atoms. The standard InChI is InChI=1S/C31H28N2O5S/c1-4-17-37-29(35)22-15-16-32-23(18-22)19-24-27(34)33-26(31(2,3)39-28(24)33)30(36)38-25(20-11-7-5-8-12-20)21-13-9-6-10-14-21/h4-16,18-19,25-26,28H,1,17H2,2-3H3/b24-19-/t26-,28+/m0/s1. The lowest BCUT2D eigenvalue weighted by Crippen LogP contribution is -2.58. The van der Waals surface area contributed by atoms with E-state index in [0.717, 1.165) is 11.1 Å². The zero-order valence-corrected chi connectivity index (χ0v) is 22.5. The molecule has 0 spiro atoms. The van der Waals surface area contributed by atoms with E-state index in [-0.39, 0.29) is 17.9 Å². The third-order valence-corrected chi connectivity index (χ3v) is 8.20. The Labute approximate surface area is 231 Å². The molecule has 0 N–H and O–H groups in total. The van der Waals surface area contributed by atoms with Gasteiger partial charge in [-0.25, -0.2) is 9.59 Å². The summed E-state index contributed by atoms with van der Waals surface area (Å²) in [5.41, 5.74) is 3.02. The number of ether oxygens (including phenoxy) is 2. The maximum atomic E-state index is 13.7. The first kappa shape index (κ1) is 26.4. The molecular formula is C31H28N2O5S. The maximum Gasteiger partial charge on any atom is 0.338 e. The van der Waals surface area contributed by atoms with E-state index < -0.39 is 28.8 Å². The number of aromatic nitrogens is 1. The van der Waals surface area contributed by atoms with Crippen molar-refractivity contribution in [3.05, 3.63) is 120 Å². The number of rotatable bonds is 8. The van der Waals surface area contributed by atoms with Gasteiger partial charge in [0.05, 0.1) is 16.8 Å². The van der Waals surface area contributed by atoms with Gasteiger partial charge in [-0.05, 0) is 43.2 Å². The fraction of sp³-hybridized carbons (Fsp3) is 0.226. The van der Waals surface area contributed by atoms with Gasteiger partial charge in [0.25, 0.3) is 5.91 Å². The second-order valence-corrected chi connectivity index (χ2v) is 11.5. The number of β-lactam (4-membered cyclic amide) rings is 1. The molecule has 0 aliphatic carbocycles. The highest BCUT2D eigenvalue weighted by Crippen LogP contribution is 2.54. The average Bonchev–Trinajstić information content (AvgIpc) is 3.21. The molecule has 3 heterocycles. The molecular weight excluding hydrogens is 512 g/mol. The summed E-state index contributed by atoms with van der Waals surface area (Å²) in [6, 6.07) is 21.5. The van der Waals surface area contributed by atoms with E-state index in [0.29, 0.717) is 16.8 Å². The lowest BCUT2D eigenvalue weighted by molar-refractivity contribution is -0.160. The van der Waals surface area contributed by atoms with Crippen LogP contribution in [0.4, 0.5) is 0 Å². The molecule has 5 rings (SSSR count). The fourth-order valence-corrected chi connectivity index (χ4v) is 6.37. The first-order chi connectivity index (χ1) is 18.8. The number of amides is 1. The molecule has 3 aromatic rings. The highest BCUT2D eigenvalue weighted by molar-refractivity contribution is 8.01. The summed E-state index contributed by atoms with van der Waals surface area (Å²) in [7, 11) is 0. The number of carbonyl (C=O) groups excluding carboxylic acids is 3. The van der Waals surface area contributed by atoms with Gasteiger partial charge in [-0.1, -0.05) is 73.3 Å². The molecule has 2 aliphatic rings. The second-order valence-electron chi connectivity index (χ2n) is 9.78. The van der Waals surface area contributed by atoms with Crippen LogP contribution in [-0.2, 0) is 19.1 Å². The summed E-state index contributed by atoms with van der Waals surface area (Å²) >= 11 is 1.53. The smallest absolute Gasteiger partial charge is 0.338 e. The minimum atomic E-state index is -0.764. The van der Waals surface area contributed by atoms with E-state index in [1.165, 1.54) is 24.0 Å². The number of hydrogen-bond acceptors (Lipinski definition) is 7. The van der Waals surface area contributed by atoms with Crippen LogP contribution in [0.2, 0.25) is 0 Å². The van der Waals surface area contributed by atoms with E-state index in [9.17, 15) is 14.4 Å². The zero-order chi connectivity index (χ0) is 27.6. The first-order valence-corrected chi connectivity index (χ1v) is 13.4. The number of benzene rings is 2. The molecule has 2 aliphatic heterocycles. The molecule has 2 aromatic carbocycles. The molecule has 8 heteroatoms. The maximum absolute atomic E-state index is 13.7. The molecule has 198 valence electrons. The summed E-state index contributed by atoms with van der Waals surface area (Å²) in [6.07, 6.45) is 4.06. The number of thioether (sulfide) groups is 1. The van der Waals surface area contributed by atoms with E-state index in [2.05, 4.69) is 11.6 Å².